The Labute approximate surface area is 274 Å². The van der Waals surface area contributed by atoms with Gasteiger partial charge in [0.1, 0.15) is 11.4 Å². The van der Waals surface area contributed by atoms with Gasteiger partial charge < -0.3 is 29.8 Å². The second kappa shape index (κ2) is 14.2. The van der Waals surface area contributed by atoms with Gasteiger partial charge in [0.2, 0.25) is 5.95 Å². The molecule has 0 bridgehead atoms. The first-order chi connectivity index (χ1) is 17.3. The molecule has 5 rings (SSSR count). The third kappa shape index (κ3) is 8.26. The van der Waals surface area contributed by atoms with Crippen LogP contribution in [0.1, 0.15) is 66.4 Å². The molecular weight excluding hydrogens is 547 g/mol. The zero-order chi connectivity index (χ0) is 25.3. The first-order valence-electron chi connectivity index (χ1n) is 12.5. The molecular formula is C25H31ClN5Na2O4P. The molecule has 9 nitrogen and oxygen atoms in total. The molecule has 1 spiro atoms. The summed E-state index contributed by atoms with van der Waals surface area (Å²) in [6.45, 7) is 4.32. The molecule has 3 aliphatic rings. The summed E-state index contributed by atoms with van der Waals surface area (Å²) in [6, 6.07) is 5.84. The minimum atomic E-state index is -2.86. The molecule has 2 heterocycles. The molecule has 2 saturated carbocycles. The molecule has 1 aromatic carbocycles. The quantitative estimate of drug-likeness (QED) is 0.252. The number of nitrogens with zero attached hydrogens (tertiary/aromatic N) is 3. The summed E-state index contributed by atoms with van der Waals surface area (Å²) >= 11 is 6.30. The smallest absolute Gasteiger partial charge is 0.820 e. The predicted octanol–water partition coefficient (Wildman–Crippen LogP) is -2.95. The van der Waals surface area contributed by atoms with E-state index in [0.29, 0.717) is 60.0 Å². The van der Waals surface area contributed by atoms with E-state index in [4.69, 9.17) is 21.1 Å². The normalized spacial score (nSPS) is 21.6. The molecule has 1 amide bonds. The monoisotopic (exact) mass is 577 g/mol. The number of benzene rings is 1. The van der Waals surface area contributed by atoms with Crippen LogP contribution in [0.4, 0.5) is 11.8 Å². The first kappa shape index (κ1) is 32.5. The van der Waals surface area contributed by atoms with E-state index in [1.165, 1.54) is 12.8 Å². The molecule has 194 valence electrons. The molecule has 1 saturated heterocycles. The van der Waals surface area contributed by atoms with Crippen LogP contribution in [0.25, 0.3) is 0 Å². The Kier molecular flexibility index (Phi) is 12.2. The maximum Gasteiger partial charge on any atom is 1.00 e. The van der Waals surface area contributed by atoms with Crippen molar-refractivity contribution >= 4 is 37.9 Å². The predicted molar refractivity (Wildman–Crippen MR) is 136 cm³/mol. The topological polar surface area (TPSA) is 126 Å². The third-order valence-electron chi connectivity index (χ3n) is 7.64. The molecule has 38 heavy (non-hydrogen) atoms. The van der Waals surface area contributed by atoms with Crippen LogP contribution in [0.2, 0.25) is 5.02 Å². The largest absolute Gasteiger partial charge is 1.00 e. The number of carbonyl (C=O) groups is 1. The summed E-state index contributed by atoms with van der Waals surface area (Å²) < 4.78 is 4.92. The second-order valence-electron chi connectivity index (χ2n) is 10.3. The van der Waals surface area contributed by atoms with Gasteiger partial charge in [0.05, 0.1) is 6.10 Å². The van der Waals surface area contributed by atoms with Crippen molar-refractivity contribution in [2.24, 2.45) is 5.41 Å². The maximum absolute atomic E-state index is 13.3. The Balaban J connectivity index is 0.00000200. The Bertz CT molecular complexity index is 1120. The van der Waals surface area contributed by atoms with Crippen LogP contribution in [0.5, 0.6) is 0 Å². The van der Waals surface area contributed by atoms with Gasteiger partial charge in [-0.15, -0.1) is 0 Å². The molecule has 1 aliphatic heterocycles. The van der Waals surface area contributed by atoms with Gasteiger partial charge in [-0.05, 0) is 74.5 Å². The van der Waals surface area contributed by atoms with E-state index < -0.39 is 8.60 Å². The van der Waals surface area contributed by atoms with Crippen molar-refractivity contribution in [1.29, 1.82) is 0 Å². The van der Waals surface area contributed by atoms with E-state index >= 15 is 0 Å². The van der Waals surface area contributed by atoms with Crippen LogP contribution in [-0.2, 0) is 11.1 Å². The van der Waals surface area contributed by atoms with Crippen molar-refractivity contribution in [3.8, 4) is 0 Å². The van der Waals surface area contributed by atoms with Gasteiger partial charge in [-0.25, -0.2) is 4.98 Å². The molecule has 2 aromatic rings. The fourth-order valence-corrected chi connectivity index (χ4v) is 5.80. The second-order valence-corrected chi connectivity index (χ2v) is 11.4. The number of halogens is 1. The Hall–Kier alpha value is -0.0300. The summed E-state index contributed by atoms with van der Waals surface area (Å²) in [5.74, 6) is 0.890. The van der Waals surface area contributed by atoms with Crippen LogP contribution < -0.4 is 84.4 Å². The molecule has 0 unspecified atom stereocenters. The van der Waals surface area contributed by atoms with Crippen molar-refractivity contribution in [3.63, 3.8) is 0 Å². The summed E-state index contributed by atoms with van der Waals surface area (Å²) in [7, 11) is -2.86. The van der Waals surface area contributed by atoms with E-state index in [0.717, 1.165) is 30.6 Å². The van der Waals surface area contributed by atoms with E-state index in [1.807, 2.05) is 25.1 Å². The number of hydrogen-bond acceptors (Lipinski definition) is 8. The van der Waals surface area contributed by atoms with Crippen LogP contribution >= 0.6 is 20.2 Å². The molecule has 0 radical (unpaired) electrons. The Morgan fingerprint density at radius 2 is 1.95 bits per heavy atom. The summed E-state index contributed by atoms with van der Waals surface area (Å²) in [6.07, 6.45) is 7.46. The number of nitrogens with one attached hydrogen (secondary N) is 2. The Morgan fingerprint density at radius 1 is 1.21 bits per heavy atom. The fraction of sp³-hybridized carbons (Fsp3) is 0.560. The fourth-order valence-electron chi connectivity index (χ4n) is 5.15. The van der Waals surface area contributed by atoms with Crippen LogP contribution in [0.3, 0.4) is 0 Å². The number of rotatable bonds is 8. The van der Waals surface area contributed by atoms with E-state index in [-0.39, 0.29) is 77.2 Å². The van der Waals surface area contributed by atoms with Crippen molar-refractivity contribution in [2.75, 3.05) is 23.3 Å². The molecule has 2 N–H and O–H groups in total. The van der Waals surface area contributed by atoms with E-state index in [9.17, 15) is 14.6 Å². The number of aromatic nitrogens is 2. The van der Waals surface area contributed by atoms with E-state index in [2.05, 4.69) is 20.5 Å². The third-order valence-corrected chi connectivity index (χ3v) is 8.52. The molecule has 1 aromatic heterocycles. The van der Waals surface area contributed by atoms with Crippen molar-refractivity contribution in [3.05, 3.63) is 46.1 Å². The number of aryl methyl sites for hydroxylation is 1. The van der Waals surface area contributed by atoms with Crippen molar-refractivity contribution < 1.29 is 78.2 Å². The zero-order valence-electron chi connectivity index (χ0n) is 22.3. The van der Waals surface area contributed by atoms with Crippen LogP contribution in [-0.4, -0.2) is 41.1 Å². The Morgan fingerprint density at radius 3 is 2.58 bits per heavy atom. The van der Waals surface area contributed by atoms with E-state index in [1.54, 1.807) is 6.20 Å². The molecule has 0 atom stereocenters. The average molecular weight is 578 g/mol. The van der Waals surface area contributed by atoms with Gasteiger partial charge in [-0.2, -0.15) is 13.6 Å². The number of carbonyl (C=O) groups excluding carboxylic acids is 1. The van der Waals surface area contributed by atoms with Crippen molar-refractivity contribution in [1.82, 2.24) is 15.3 Å². The van der Waals surface area contributed by atoms with Crippen LogP contribution in [0, 0.1) is 12.3 Å². The van der Waals surface area contributed by atoms with Crippen LogP contribution in [0.15, 0.2) is 24.4 Å². The van der Waals surface area contributed by atoms with Gasteiger partial charge >= 0.3 is 59.1 Å². The number of hydrogen-bond donors (Lipinski definition) is 2. The summed E-state index contributed by atoms with van der Waals surface area (Å²) in [5.41, 5.74) is 2.83. The minimum Gasteiger partial charge on any atom is -0.820 e. The van der Waals surface area contributed by atoms with Gasteiger partial charge in [-0.3, -0.25) is 4.79 Å². The first-order valence-corrected chi connectivity index (χ1v) is 14.0. The zero-order valence-corrected chi connectivity index (χ0v) is 28.0. The standard InChI is InChI=1S/C25H31ClN5O4P.2Na/c1-16-2-3-17(12-21(16)26)13-27-22-20(14-28-24(30-22)31-11-10-25(15-31)8-9-25)23(32)29-18-4-6-19(7-5-18)35-36(33)34;;/h2-3,12,14,18-19H,4-11,13,15H2,1H3,(H,29,32)(H,27,28,30);;/q-2;2*+1. The SMILES string of the molecule is Cc1ccc(CNc2nc(N3CCC4(CC4)C3)ncc2C(=O)NC2CCC(OP([O-])[O-])CC2)cc1Cl.[Na+].[Na+]. The summed E-state index contributed by atoms with van der Waals surface area (Å²) in [4.78, 5) is 46.5. The number of amides is 1. The van der Waals surface area contributed by atoms with Gasteiger partial charge in [-0.1, -0.05) is 23.7 Å². The molecule has 3 fully saturated rings. The maximum atomic E-state index is 13.3. The minimum absolute atomic E-state index is 0. The average Bonchev–Trinajstić information content (AvgIpc) is 3.48. The molecule has 2 aliphatic carbocycles. The van der Waals surface area contributed by atoms with Gasteiger partial charge in [0.25, 0.3) is 5.91 Å². The summed E-state index contributed by atoms with van der Waals surface area (Å²) in [5, 5.41) is 7.11. The van der Waals surface area contributed by atoms with Gasteiger partial charge in [0.15, 0.2) is 0 Å². The van der Waals surface area contributed by atoms with Crippen molar-refractivity contribution in [2.45, 2.75) is 70.6 Å². The van der Waals surface area contributed by atoms with Gasteiger partial charge in [0, 0.05) is 36.9 Å². The molecule has 13 heteroatoms. The number of anilines is 2.